The molecule has 1 saturated heterocycles. The van der Waals surface area contributed by atoms with E-state index in [1.54, 1.807) is 0 Å². The van der Waals surface area contributed by atoms with Crippen LogP contribution in [0.1, 0.15) is 52.9 Å². The van der Waals surface area contributed by atoms with E-state index in [2.05, 4.69) is 25.7 Å². The number of nitrogens with two attached hydrogens (primary N) is 1. The highest BCUT2D eigenvalue weighted by atomic mass is 15.1. The summed E-state index contributed by atoms with van der Waals surface area (Å²) in [5, 5.41) is 7.52. The predicted molar refractivity (Wildman–Crippen MR) is 74.4 cm³/mol. The molecule has 100 valence electrons. The summed E-state index contributed by atoms with van der Waals surface area (Å²) in [7, 11) is 0. The van der Waals surface area contributed by atoms with Crippen LogP contribution in [0.25, 0.3) is 0 Å². The molecule has 0 aliphatic carbocycles. The van der Waals surface area contributed by atoms with Crippen LogP contribution in [-0.4, -0.2) is 30.4 Å². The van der Waals surface area contributed by atoms with Crippen LogP contribution >= 0.6 is 0 Å². The summed E-state index contributed by atoms with van der Waals surface area (Å²) >= 11 is 0. The zero-order chi connectivity index (χ0) is 12.9. The van der Waals surface area contributed by atoms with E-state index in [0.29, 0.717) is 5.84 Å². The van der Waals surface area contributed by atoms with E-state index in [9.17, 15) is 0 Å². The molecule has 3 nitrogen and oxygen atoms in total. The number of nitrogens with zero attached hydrogens (tertiary/aromatic N) is 1. The van der Waals surface area contributed by atoms with Gasteiger partial charge in [0.1, 0.15) is 0 Å². The molecule has 3 heteroatoms. The third kappa shape index (κ3) is 5.07. The van der Waals surface area contributed by atoms with Crippen molar-refractivity contribution >= 4 is 5.84 Å². The molecule has 17 heavy (non-hydrogen) atoms. The lowest BCUT2D eigenvalue weighted by Gasteiger charge is -2.30. The third-order valence-corrected chi connectivity index (χ3v) is 4.13. The van der Waals surface area contributed by atoms with Gasteiger partial charge in [-0.1, -0.05) is 27.2 Å². The normalized spacial score (nSPS) is 19.5. The Kier molecular flexibility index (Phi) is 5.44. The van der Waals surface area contributed by atoms with Gasteiger partial charge < -0.3 is 10.6 Å². The maximum absolute atomic E-state index is 7.52. The first-order valence-electron chi connectivity index (χ1n) is 6.98. The Balaban J connectivity index is 2.10. The molecule has 0 atom stereocenters. The second-order valence-electron chi connectivity index (χ2n) is 6.28. The molecular formula is C14H29N3. The molecule has 1 aliphatic heterocycles. The number of amidine groups is 1. The quantitative estimate of drug-likeness (QED) is 0.425. The van der Waals surface area contributed by atoms with E-state index in [0.717, 1.165) is 12.3 Å². The molecule has 0 bridgehead atoms. The van der Waals surface area contributed by atoms with Gasteiger partial charge >= 0.3 is 0 Å². The molecule has 1 rings (SSSR count). The van der Waals surface area contributed by atoms with Crippen LogP contribution in [0.5, 0.6) is 0 Å². The van der Waals surface area contributed by atoms with Gasteiger partial charge in [0.05, 0.1) is 5.84 Å². The lowest BCUT2D eigenvalue weighted by atomic mass is 9.86. The van der Waals surface area contributed by atoms with E-state index in [1.807, 2.05) is 0 Å². The van der Waals surface area contributed by atoms with Gasteiger partial charge in [0.25, 0.3) is 0 Å². The smallest absolute Gasteiger partial charge is 0.0963 e. The van der Waals surface area contributed by atoms with Crippen molar-refractivity contribution in [3.8, 4) is 0 Å². The van der Waals surface area contributed by atoms with Crippen LogP contribution in [0.15, 0.2) is 0 Å². The molecule has 0 aromatic heterocycles. The summed E-state index contributed by atoms with van der Waals surface area (Å²) in [6.07, 6.45) is 6.17. The predicted octanol–water partition coefficient (Wildman–Crippen LogP) is 2.85. The summed E-state index contributed by atoms with van der Waals surface area (Å²) in [5.74, 6) is 1.24. The number of hydrogen-bond donors (Lipinski definition) is 2. The monoisotopic (exact) mass is 239 g/mol. The molecule has 3 N–H and O–H groups in total. The van der Waals surface area contributed by atoms with Crippen molar-refractivity contribution in [1.82, 2.24) is 4.90 Å². The molecule has 1 aliphatic rings. The zero-order valence-corrected chi connectivity index (χ0v) is 11.8. The van der Waals surface area contributed by atoms with Crippen LogP contribution in [0, 0.1) is 16.7 Å². The van der Waals surface area contributed by atoms with E-state index in [-0.39, 0.29) is 5.41 Å². The van der Waals surface area contributed by atoms with Crippen LogP contribution < -0.4 is 5.73 Å². The van der Waals surface area contributed by atoms with Crippen molar-refractivity contribution < 1.29 is 0 Å². The van der Waals surface area contributed by atoms with Gasteiger partial charge in [-0.25, -0.2) is 0 Å². The van der Waals surface area contributed by atoms with Gasteiger partial charge in [-0.05, 0) is 51.2 Å². The standard InChI is InChI=1S/C14H29N3/c1-12-6-10-17(11-7-12)9-5-4-8-14(2,3)13(15)16/h12H,4-11H2,1-3H3,(H3,15,16). The van der Waals surface area contributed by atoms with Gasteiger partial charge in [-0.3, -0.25) is 5.41 Å². The number of hydrogen-bond acceptors (Lipinski definition) is 2. The van der Waals surface area contributed by atoms with Gasteiger partial charge in [0.2, 0.25) is 0 Å². The Morgan fingerprint density at radius 3 is 2.41 bits per heavy atom. The fraction of sp³-hybridized carbons (Fsp3) is 0.929. The average molecular weight is 239 g/mol. The first-order valence-corrected chi connectivity index (χ1v) is 6.98. The zero-order valence-electron chi connectivity index (χ0n) is 11.8. The van der Waals surface area contributed by atoms with E-state index in [1.165, 1.54) is 45.3 Å². The molecular weight excluding hydrogens is 210 g/mol. The van der Waals surface area contributed by atoms with Crippen molar-refractivity contribution in [2.75, 3.05) is 19.6 Å². The SMILES string of the molecule is CC1CCN(CCCCC(C)(C)C(=N)N)CC1. The van der Waals surface area contributed by atoms with Gasteiger partial charge in [-0.2, -0.15) is 0 Å². The minimum Gasteiger partial charge on any atom is -0.387 e. The number of nitrogens with one attached hydrogen (secondary N) is 1. The van der Waals surface area contributed by atoms with E-state index in [4.69, 9.17) is 11.1 Å². The Hall–Kier alpha value is -0.570. The molecule has 0 aromatic carbocycles. The van der Waals surface area contributed by atoms with Crippen molar-refractivity contribution in [1.29, 1.82) is 5.41 Å². The molecule has 0 amide bonds. The number of rotatable bonds is 6. The highest BCUT2D eigenvalue weighted by molar-refractivity contribution is 5.82. The van der Waals surface area contributed by atoms with E-state index < -0.39 is 0 Å². The highest BCUT2D eigenvalue weighted by Crippen LogP contribution is 2.23. The molecule has 0 spiro atoms. The summed E-state index contributed by atoms with van der Waals surface area (Å²) in [4.78, 5) is 2.58. The summed E-state index contributed by atoms with van der Waals surface area (Å²) < 4.78 is 0. The largest absolute Gasteiger partial charge is 0.387 e. The van der Waals surface area contributed by atoms with Gasteiger partial charge in [0, 0.05) is 5.41 Å². The van der Waals surface area contributed by atoms with Crippen LogP contribution in [0.2, 0.25) is 0 Å². The van der Waals surface area contributed by atoms with Gasteiger partial charge in [0.15, 0.2) is 0 Å². The first-order chi connectivity index (χ1) is 7.92. The molecule has 0 aromatic rings. The highest BCUT2D eigenvalue weighted by Gasteiger charge is 2.21. The minimum atomic E-state index is -0.115. The van der Waals surface area contributed by atoms with Crippen LogP contribution in [0.3, 0.4) is 0 Å². The maximum atomic E-state index is 7.52. The lowest BCUT2D eigenvalue weighted by molar-refractivity contribution is 0.188. The summed E-state index contributed by atoms with van der Waals surface area (Å²) in [6.45, 7) is 10.3. The molecule has 0 radical (unpaired) electrons. The van der Waals surface area contributed by atoms with Crippen molar-refractivity contribution in [3.63, 3.8) is 0 Å². The summed E-state index contributed by atoms with van der Waals surface area (Å²) in [6, 6.07) is 0. The van der Waals surface area contributed by atoms with Crippen molar-refractivity contribution in [3.05, 3.63) is 0 Å². The molecule has 1 fully saturated rings. The van der Waals surface area contributed by atoms with Crippen molar-refractivity contribution in [2.45, 2.75) is 52.9 Å². The second kappa shape index (κ2) is 6.39. The number of likely N-dealkylation sites (tertiary alicyclic amines) is 1. The topological polar surface area (TPSA) is 53.1 Å². The molecule has 1 heterocycles. The third-order valence-electron chi connectivity index (χ3n) is 4.13. The Bertz CT molecular complexity index is 240. The molecule has 0 unspecified atom stereocenters. The maximum Gasteiger partial charge on any atom is 0.0963 e. The van der Waals surface area contributed by atoms with Crippen LogP contribution in [0.4, 0.5) is 0 Å². The summed E-state index contributed by atoms with van der Waals surface area (Å²) in [5.41, 5.74) is 5.47. The fourth-order valence-corrected chi connectivity index (χ4v) is 2.32. The van der Waals surface area contributed by atoms with Gasteiger partial charge in [-0.15, -0.1) is 0 Å². The number of piperidine rings is 1. The first kappa shape index (κ1) is 14.5. The van der Waals surface area contributed by atoms with E-state index >= 15 is 0 Å². The minimum absolute atomic E-state index is 0.115. The molecule has 0 saturated carbocycles. The average Bonchev–Trinajstić information content (AvgIpc) is 2.26. The lowest BCUT2D eigenvalue weighted by Crippen LogP contribution is -2.34. The Morgan fingerprint density at radius 2 is 1.88 bits per heavy atom. The Morgan fingerprint density at radius 1 is 1.29 bits per heavy atom. The fourth-order valence-electron chi connectivity index (χ4n) is 2.32. The Labute approximate surface area is 106 Å². The van der Waals surface area contributed by atoms with Crippen LogP contribution in [-0.2, 0) is 0 Å². The second-order valence-corrected chi connectivity index (χ2v) is 6.28. The van der Waals surface area contributed by atoms with Crippen molar-refractivity contribution in [2.24, 2.45) is 17.1 Å². The number of unbranched alkanes of at least 4 members (excludes halogenated alkanes) is 1.